The summed E-state index contributed by atoms with van der Waals surface area (Å²) in [6.45, 7) is 4.40. The highest BCUT2D eigenvalue weighted by atomic mass is 32.2. The molecule has 4 rings (SSSR count). The fourth-order valence-corrected chi connectivity index (χ4v) is 5.94. The Bertz CT molecular complexity index is 1190. The molecule has 0 spiro atoms. The van der Waals surface area contributed by atoms with Crippen molar-refractivity contribution < 1.29 is 22.8 Å². The Morgan fingerprint density at radius 2 is 1.57 bits per heavy atom. The van der Waals surface area contributed by atoms with Gasteiger partial charge >= 0.3 is 0 Å². The first-order valence-electron chi connectivity index (χ1n) is 12.0. The van der Waals surface area contributed by atoms with Crippen LogP contribution in [0.3, 0.4) is 0 Å². The number of benzene rings is 2. The van der Waals surface area contributed by atoms with Crippen molar-refractivity contribution in [2.24, 2.45) is 17.8 Å². The van der Waals surface area contributed by atoms with E-state index in [1.165, 1.54) is 17.0 Å². The lowest BCUT2D eigenvalue weighted by Crippen LogP contribution is -2.41. The Hall–Kier alpha value is -3.04. The minimum atomic E-state index is -3.61. The van der Waals surface area contributed by atoms with Gasteiger partial charge in [0, 0.05) is 24.7 Å². The zero-order valence-electron chi connectivity index (χ0n) is 20.0. The maximum atomic E-state index is 13.2. The SMILES string of the molecule is CC(C)CNS(=O)(=O)c1ccc(NC(=O)C2CCCCC2CN2C(=O)c3ccccc3C2=O)cc1. The zero-order valence-corrected chi connectivity index (χ0v) is 20.8. The fraction of sp³-hybridized carbons (Fsp3) is 0.423. The van der Waals surface area contributed by atoms with E-state index in [9.17, 15) is 22.8 Å². The predicted molar refractivity (Wildman–Crippen MR) is 132 cm³/mol. The van der Waals surface area contributed by atoms with Crippen LogP contribution in [0.2, 0.25) is 0 Å². The maximum absolute atomic E-state index is 13.2. The Kier molecular flexibility index (Phi) is 7.37. The summed E-state index contributed by atoms with van der Waals surface area (Å²) in [6.07, 6.45) is 3.26. The van der Waals surface area contributed by atoms with Crippen LogP contribution < -0.4 is 10.0 Å². The number of rotatable bonds is 8. The van der Waals surface area contributed by atoms with Crippen molar-refractivity contribution in [2.75, 3.05) is 18.4 Å². The van der Waals surface area contributed by atoms with E-state index >= 15 is 0 Å². The van der Waals surface area contributed by atoms with Crippen LogP contribution in [-0.4, -0.2) is 44.1 Å². The van der Waals surface area contributed by atoms with Gasteiger partial charge in [0.1, 0.15) is 0 Å². The Labute approximate surface area is 206 Å². The molecule has 0 saturated heterocycles. The molecule has 35 heavy (non-hydrogen) atoms. The Morgan fingerprint density at radius 1 is 0.971 bits per heavy atom. The monoisotopic (exact) mass is 497 g/mol. The molecule has 2 atom stereocenters. The smallest absolute Gasteiger partial charge is 0.261 e. The minimum absolute atomic E-state index is 0.133. The average molecular weight is 498 g/mol. The number of fused-ring (bicyclic) bond motifs is 1. The summed E-state index contributed by atoms with van der Waals surface area (Å²) in [5, 5.41) is 2.89. The molecule has 2 unspecified atom stereocenters. The first-order valence-corrected chi connectivity index (χ1v) is 13.5. The standard InChI is InChI=1S/C26H31N3O5S/c1-17(2)15-27-35(33,34)20-13-11-19(12-14-20)28-24(30)21-8-4-3-7-18(21)16-29-25(31)22-9-5-6-10-23(22)26(29)32/h5-6,9-14,17-18,21,27H,3-4,7-8,15-16H2,1-2H3,(H,28,30). The van der Waals surface area contributed by atoms with Crippen LogP contribution in [-0.2, 0) is 14.8 Å². The van der Waals surface area contributed by atoms with Gasteiger partial charge in [0.05, 0.1) is 16.0 Å². The summed E-state index contributed by atoms with van der Waals surface area (Å²) in [4.78, 5) is 40.2. The number of carbonyl (C=O) groups is 3. The number of hydrogen-bond donors (Lipinski definition) is 2. The summed E-state index contributed by atoms with van der Waals surface area (Å²) in [7, 11) is -3.61. The van der Waals surface area contributed by atoms with Gasteiger partial charge in [0.25, 0.3) is 11.8 Å². The summed E-state index contributed by atoms with van der Waals surface area (Å²) < 4.78 is 27.4. The lowest BCUT2D eigenvalue weighted by molar-refractivity contribution is -0.122. The normalized spacial score (nSPS) is 20.3. The van der Waals surface area contributed by atoms with Gasteiger partial charge in [0.15, 0.2) is 0 Å². The number of anilines is 1. The number of hydrogen-bond acceptors (Lipinski definition) is 5. The largest absolute Gasteiger partial charge is 0.326 e. The third-order valence-electron chi connectivity index (χ3n) is 6.65. The van der Waals surface area contributed by atoms with E-state index in [4.69, 9.17) is 0 Å². The number of amides is 3. The lowest BCUT2D eigenvalue weighted by Gasteiger charge is -2.32. The molecule has 1 aliphatic heterocycles. The zero-order chi connectivity index (χ0) is 25.2. The van der Waals surface area contributed by atoms with Gasteiger partial charge in [-0.3, -0.25) is 19.3 Å². The molecule has 1 saturated carbocycles. The molecule has 2 aromatic rings. The topological polar surface area (TPSA) is 113 Å². The van der Waals surface area contributed by atoms with Crippen molar-refractivity contribution in [1.29, 1.82) is 0 Å². The summed E-state index contributed by atoms with van der Waals surface area (Å²) in [5.74, 6) is -1.08. The van der Waals surface area contributed by atoms with E-state index in [0.717, 1.165) is 19.3 Å². The summed E-state index contributed by atoms with van der Waals surface area (Å²) >= 11 is 0. The number of nitrogens with zero attached hydrogens (tertiary/aromatic N) is 1. The van der Waals surface area contributed by atoms with Crippen molar-refractivity contribution in [3.05, 3.63) is 59.7 Å². The van der Waals surface area contributed by atoms with E-state index in [1.807, 2.05) is 13.8 Å². The molecule has 1 aliphatic carbocycles. The molecule has 2 aliphatic rings. The molecule has 8 nitrogen and oxygen atoms in total. The van der Waals surface area contributed by atoms with Crippen LogP contribution in [0.4, 0.5) is 5.69 Å². The van der Waals surface area contributed by atoms with E-state index in [-0.39, 0.29) is 46.9 Å². The van der Waals surface area contributed by atoms with Gasteiger partial charge in [-0.05, 0) is 61.1 Å². The Balaban J connectivity index is 1.42. The van der Waals surface area contributed by atoms with Crippen LogP contribution in [0.15, 0.2) is 53.4 Å². The number of carbonyl (C=O) groups excluding carboxylic acids is 3. The summed E-state index contributed by atoms with van der Waals surface area (Å²) in [5.41, 5.74) is 1.32. The molecule has 2 aromatic carbocycles. The van der Waals surface area contributed by atoms with Gasteiger partial charge in [-0.15, -0.1) is 0 Å². The van der Waals surface area contributed by atoms with Crippen LogP contribution in [0, 0.1) is 17.8 Å². The molecule has 0 aromatic heterocycles. The molecule has 3 amide bonds. The molecule has 1 fully saturated rings. The van der Waals surface area contributed by atoms with Crippen LogP contribution in [0.1, 0.15) is 60.2 Å². The van der Waals surface area contributed by atoms with Gasteiger partial charge in [-0.1, -0.05) is 38.8 Å². The predicted octanol–water partition coefficient (Wildman–Crippen LogP) is 3.66. The van der Waals surface area contributed by atoms with Crippen molar-refractivity contribution in [1.82, 2.24) is 9.62 Å². The number of nitrogens with one attached hydrogen (secondary N) is 2. The highest BCUT2D eigenvalue weighted by Gasteiger charge is 2.40. The molecular formula is C26H31N3O5S. The second-order valence-corrected chi connectivity index (χ2v) is 11.4. The molecule has 0 bridgehead atoms. The summed E-state index contributed by atoms with van der Waals surface area (Å²) in [6, 6.07) is 12.9. The second-order valence-electron chi connectivity index (χ2n) is 9.68. The molecule has 9 heteroatoms. The molecule has 2 N–H and O–H groups in total. The molecular weight excluding hydrogens is 466 g/mol. The van der Waals surface area contributed by atoms with Gasteiger partial charge in [-0.2, -0.15) is 0 Å². The fourth-order valence-electron chi connectivity index (χ4n) is 4.72. The number of imide groups is 1. The van der Waals surface area contributed by atoms with Gasteiger partial charge < -0.3 is 5.32 Å². The number of sulfonamides is 1. The van der Waals surface area contributed by atoms with Crippen molar-refractivity contribution in [3.8, 4) is 0 Å². The average Bonchev–Trinajstić information content (AvgIpc) is 3.08. The first-order chi connectivity index (χ1) is 16.7. The van der Waals surface area contributed by atoms with E-state index in [2.05, 4.69) is 10.0 Å². The van der Waals surface area contributed by atoms with Crippen LogP contribution >= 0.6 is 0 Å². The minimum Gasteiger partial charge on any atom is -0.326 e. The molecule has 186 valence electrons. The van der Waals surface area contributed by atoms with E-state index < -0.39 is 10.0 Å². The van der Waals surface area contributed by atoms with Crippen LogP contribution in [0.5, 0.6) is 0 Å². The molecule has 0 radical (unpaired) electrons. The van der Waals surface area contributed by atoms with Crippen molar-refractivity contribution in [2.45, 2.75) is 44.4 Å². The van der Waals surface area contributed by atoms with Gasteiger partial charge in [0.2, 0.25) is 15.9 Å². The quantitative estimate of drug-likeness (QED) is 0.541. The second kappa shape index (κ2) is 10.3. The first kappa shape index (κ1) is 25.1. The Morgan fingerprint density at radius 3 is 2.17 bits per heavy atom. The maximum Gasteiger partial charge on any atom is 0.261 e. The van der Waals surface area contributed by atoms with Crippen molar-refractivity contribution >= 4 is 33.4 Å². The van der Waals surface area contributed by atoms with E-state index in [0.29, 0.717) is 29.8 Å². The third-order valence-corrected chi connectivity index (χ3v) is 8.09. The van der Waals surface area contributed by atoms with E-state index in [1.54, 1.807) is 36.4 Å². The molecule has 1 heterocycles. The lowest BCUT2D eigenvalue weighted by atomic mass is 9.78. The highest BCUT2D eigenvalue weighted by Crippen LogP contribution is 2.34. The third kappa shape index (κ3) is 5.46. The van der Waals surface area contributed by atoms with Crippen LogP contribution in [0.25, 0.3) is 0 Å². The highest BCUT2D eigenvalue weighted by molar-refractivity contribution is 7.89. The van der Waals surface area contributed by atoms with Gasteiger partial charge in [-0.25, -0.2) is 13.1 Å². The van der Waals surface area contributed by atoms with Crippen molar-refractivity contribution in [3.63, 3.8) is 0 Å².